The molecule has 2 rings (SSSR count). The number of nitrogens with zero attached hydrogens (tertiary/aromatic N) is 2. The highest BCUT2D eigenvalue weighted by Gasteiger charge is 2.28. The van der Waals surface area contributed by atoms with E-state index in [1.54, 1.807) is 4.90 Å². The Kier molecular flexibility index (Phi) is 6.91. The van der Waals surface area contributed by atoms with Crippen LogP contribution in [0.3, 0.4) is 0 Å². The van der Waals surface area contributed by atoms with Gasteiger partial charge in [-0.1, -0.05) is 37.3 Å². The summed E-state index contributed by atoms with van der Waals surface area (Å²) in [5.74, 6) is -0.477. The van der Waals surface area contributed by atoms with Crippen molar-refractivity contribution in [1.29, 1.82) is 0 Å². The summed E-state index contributed by atoms with van der Waals surface area (Å²) >= 11 is 1.45. The number of thiazole rings is 1. The summed E-state index contributed by atoms with van der Waals surface area (Å²) in [7, 11) is 0. The van der Waals surface area contributed by atoms with Gasteiger partial charge in [0.1, 0.15) is 6.54 Å². The number of hydrogen-bond donors (Lipinski definition) is 1. The molecule has 0 aliphatic carbocycles. The molecule has 1 atom stereocenters. The summed E-state index contributed by atoms with van der Waals surface area (Å²) in [6.45, 7) is 9.77. The summed E-state index contributed by atoms with van der Waals surface area (Å²) in [6, 6.07) is 9.67. The first kappa shape index (κ1) is 20.1. The zero-order chi connectivity index (χ0) is 19.3. The number of aromatic nitrogens is 1. The topological polar surface area (TPSA) is 62.3 Å². The fourth-order valence-electron chi connectivity index (χ4n) is 2.79. The molecule has 5 nitrogen and oxygen atoms in total. The lowest BCUT2D eigenvalue weighted by molar-refractivity contribution is -0.137. The monoisotopic (exact) mass is 373 g/mol. The maximum atomic E-state index is 13.1. The molecular formula is C20H27N3O2S. The first-order valence-corrected chi connectivity index (χ1v) is 9.74. The van der Waals surface area contributed by atoms with E-state index in [2.05, 4.69) is 10.3 Å². The second kappa shape index (κ2) is 8.94. The van der Waals surface area contributed by atoms with Crippen LogP contribution in [-0.2, 0) is 9.59 Å². The van der Waals surface area contributed by atoms with Gasteiger partial charge in [-0.05, 0) is 39.7 Å². The molecule has 0 saturated heterocycles. The van der Waals surface area contributed by atoms with Gasteiger partial charge in [-0.15, -0.1) is 11.3 Å². The van der Waals surface area contributed by atoms with E-state index in [1.165, 1.54) is 11.3 Å². The van der Waals surface area contributed by atoms with Crippen molar-refractivity contribution in [3.05, 3.63) is 46.5 Å². The van der Waals surface area contributed by atoms with Crippen molar-refractivity contribution in [2.45, 2.75) is 53.0 Å². The van der Waals surface area contributed by atoms with Gasteiger partial charge in [-0.2, -0.15) is 0 Å². The van der Waals surface area contributed by atoms with Gasteiger partial charge in [-0.3, -0.25) is 9.59 Å². The third kappa shape index (κ3) is 4.91. The van der Waals surface area contributed by atoms with Crippen molar-refractivity contribution in [3.8, 4) is 0 Å². The number of amides is 2. The zero-order valence-corrected chi connectivity index (χ0v) is 16.9. The molecule has 1 heterocycles. The fourth-order valence-corrected chi connectivity index (χ4v) is 3.62. The number of hydrogen-bond acceptors (Lipinski definition) is 4. The van der Waals surface area contributed by atoms with E-state index in [0.717, 1.165) is 16.1 Å². The second-order valence-corrected chi connectivity index (χ2v) is 7.84. The van der Waals surface area contributed by atoms with Crippen LogP contribution >= 0.6 is 11.3 Å². The van der Waals surface area contributed by atoms with Crippen LogP contribution in [0.25, 0.3) is 0 Å². The number of aryl methyl sites for hydroxylation is 2. The molecule has 0 radical (unpaired) electrons. The van der Waals surface area contributed by atoms with E-state index in [9.17, 15) is 9.59 Å². The van der Waals surface area contributed by atoms with Crippen LogP contribution in [0.15, 0.2) is 30.3 Å². The minimum Gasteiger partial charge on any atom is -0.330 e. The Hall–Kier alpha value is -2.21. The molecule has 2 amide bonds. The van der Waals surface area contributed by atoms with Crippen LogP contribution in [-0.4, -0.2) is 34.3 Å². The number of benzene rings is 1. The molecule has 0 fully saturated rings. The van der Waals surface area contributed by atoms with Crippen LogP contribution in [0.2, 0.25) is 0 Å². The standard InChI is InChI=1S/C20H27N3O2S/c1-6-17(16-10-8-7-9-11-16)19(25)23(13(2)3)12-18(24)22-20-21-14(4)15(5)26-20/h7-11,13,17H,6,12H2,1-5H3,(H,21,22,24). The van der Waals surface area contributed by atoms with Gasteiger partial charge in [0.25, 0.3) is 0 Å². The Bertz CT molecular complexity index is 736. The van der Waals surface area contributed by atoms with Gasteiger partial charge in [0.2, 0.25) is 11.8 Å². The van der Waals surface area contributed by atoms with Crippen molar-refractivity contribution in [2.75, 3.05) is 11.9 Å². The number of carbonyl (C=O) groups excluding carboxylic acids is 2. The van der Waals surface area contributed by atoms with E-state index in [0.29, 0.717) is 11.6 Å². The molecule has 140 valence electrons. The first-order chi connectivity index (χ1) is 12.3. The number of rotatable bonds is 7. The lowest BCUT2D eigenvalue weighted by Crippen LogP contribution is -2.44. The van der Waals surface area contributed by atoms with Gasteiger partial charge < -0.3 is 10.2 Å². The van der Waals surface area contributed by atoms with Crippen LogP contribution in [0.1, 0.15) is 49.2 Å². The van der Waals surface area contributed by atoms with Gasteiger partial charge >= 0.3 is 0 Å². The molecule has 0 aliphatic rings. The van der Waals surface area contributed by atoms with Crippen molar-refractivity contribution >= 4 is 28.3 Å². The molecule has 6 heteroatoms. The Morgan fingerprint density at radius 2 is 1.85 bits per heavy atom. The van der Waals surface area contributed by atoms with Crippen LogP contribution < -0.4 is 5.32 Å². The molecule has 1 aromatic heterocycles. The van der Waals surface area contributed by atoms with Crippen molar-refractivity contribution < 1.29 is 9.59 Å². The molecule has 0 spiro atoms. The minimum atomic E-state index is -0.240. The van der Waals surface area contributed by atoms with E-state index in [4.69, 9.17) is 0 Å². The van der Waals surface area contributed by atoms with E-state index >= 15 is 0 Å². The van der Waals surface area contributed by atoms with Gasteiger partial charge in [-0.25, -0.2) is 4.98 Å². The molecule has 1 unspecified atom stereocenters. The Morgan fingerprint density at radius 3 is 2.35 bits per heavy atom. The molecule has 1 N–H and O–H groups in total. The highest BCUT2D eigenvalue weighted by atomic mass is 32.1. The predicted octanol–water partition coefficient (Wildman–Crippen LogP) is 4.13. The molecule has 26 heavy (non-hydrogen) atoms. The number of nitrogens with one attached hydrogen (secondary N) is 1. The lowest BCUT2D eigenvalue weighted by Gasteiger charge is -2.30. The molecular weight excluding hydrogens is 346 g/mol. The van der Waals surface area contributed by atoms with Crippen molar-refractivity contribution in [2.24, 2.45) is 0 Å². The molecule has 0 bridgehead atoms. The predicted molar refractivity (Wildman–Crippen MR) is 107 cm³/mol. The first-order valence-electron chi connectivity index (χ1n) is 8.92. The molecule has 0 saturated carbocycles. The summed E-state index contributed by atoms with van der Waals surface area (Å²) < 4.78 is 0. The lowest BCUT2D eigenvalue weighted by atomic mass is 9.94. The SMILES string of the molecule is CCC(C(=O)N(CC(=O)Nc1nc(C)c(C)s1)C(C)C)c1ccccc1. The van der Waals surface area contributed by atoms with Gasteiger partial charge in [0.05, 0.1) is 11.6 Å². The molecule has 1 aromatic carbocycles. The zero-order valence-electron chi connectivity index (χ0n) is 16.1. The fraction of sp³-hybridized carbons (Fsp3) is 0.450. The van der Waals surface area contributed by atoms with Crippen LogP contribution in [0.4, 0.5) is 5.13 Å². The second-order valence-electron chi connectivity index (χ2n) is 6.64. The van der Waals surface area contributed by atoms with Crippen molar-refractivity contribution in [3.63, 3.8) is 0 Å². The van der Waals surface area contributed by atoms with E-state index in [1.807, 2.05) is 65.0 Å². The Labute approximate surface area is 159 Å². The van der Waals surface area contributed by atoms with Crippen LogP contribution in [0.5, 0.6) is 0 Å². The summed E-state index contributed by atoms with van der Waals surface area (Å²) in [5, 5.41) is 3.39. The summed E-state index contributed by atoms with van der Waals surface area (Å²) in [6.07, 6.45) is 0.693. The smallest absolute Gasteiger partial charge is 0.245 e. The number of carbonyl (C=O) groups is 2. The third-order valence-electron chi connectivity index (χ3n) is 4.40. The van der Waals surface area contributed by atoms with Gasteiger partial charge in [0.15, 0.2) is 5.13 Å². The minimum absolute atomic E-state index is 0.0182. The Morgan fingerprint density at radius 1 is 1.19 bits per heavy atom. The summed E-state index contributed by atoms with van der Waals surface area (Å²) in [5.41, 5.74) is 1.90. The van der Waals surface area contributed by atoms with E-state index in [-0.39, 0.29) is 30.3 Å². The van der Waals surface area contributed by atoms with Crippen LogP contribution in [0, 0.1) is 13.8 Å². The normalized spacial score (nSPS) is 12.1. The highest BCUT2D eigenvalue weighted by Crippen LogP contribution is 2.24. The summed E-state index contributed by atoms with van der Waals surface area (Å²) in [4.78, 5) is 32.6. The highest BCUT2D eigenvalue weighted by molar-refractivity contribution is 7.15. The number of anilines is 1. The molecule has 0 aliphatic heterocycles. The van der Waals surface area contributed by atoms with Gasteiger partial charge in [0, 0.05) is 10.9 Å². The third-order valence-corrected chi connectivity index (χ3v) is 5.39. The maximum Gasteiger partial charge on any atom is 0.245 e. The maximum absolute atomic E-state index is 13.1. The average Bonchev–Trinajstić information content (AvgIpc) is 2.91. The Balaban J connectivity index is 2.11. The quantitative estimate of drug-likeness (QED) is 0.794. The molecule has 2 aromatic rings. The van der Waals surface area contributed by atoms with E-state index < -0.39 is 0 Å². The average molecular weight is 374 g/mol. The largest absolute Gasteiger partial charge is 0.330 e. The van der Waals surface area contributed by atoms with Crippen molar-refractivity contribution in [1.82, 2.24) is 9.88 Å².